The smallest absolute Gasteiger partial charge is 0.303 e. The maximum atomic E-state index is 11.9. The number of ether oxygens (including phenoxy) is 5. The number of hydrogen-bond donors (Lipinski definition) is 1. The highest BCUT2D eigenvalue weighted by Gasteiger charge is 2.51. The number of carbonyl (C=O) groups excluding carboxylic acids is 4. The minimum Gasteiger partial charge on any atom is -0.463 e. The first-order valence-electron chi connectivity index (χ1n) is 11.2. The van der Waals surface area contributed by atoms with Crippen LogP contribution in [-0.4, -0.2) is 67.7 Å². The van der Waals surface area contributed by atoms with Gasteiger partial charge in [-0.15, -0.1) is 0 Å². The van der Waals surface area contributed by atoms with Crippen LogP contribution in [0.3, 0.4) is 0 Å². The summed E-state index contributed by atoms with van der Waals surface area (Å²) in [5.41, 5.74) is 0. The van der Waals surface area contributed by atoms with Gasteiger partial charge in [-0.05, 0) is 6.42 Å². The summed E-state index contributed by atoms with van der Waals surface area (Å²) in [5.74, 6) is -2.22. The second-order valence-electron chi connectivity index (χ2n) is 7.86. The molecule has 0 bridgehead atoms. The summed E-state index contributed by atoms with van der Waals surface area (Å²) in [6.45, 7) is 7.22. The largest absolute Gasteiger partial charge is 0.463 e. The zero-order valence-electron chi connectivity index (χ0n) is 19.7. The maximum absolute atomic E-state index is 11.9. The quantitative estimate of drug-likeness (QED) is 0.250. The van der Waals surface area contributed by atoms with Crippen molar-refractivity contribution < 1.29 is 42.9 Å². The SMILES string of the molecule is CCCCCCCCO[C@H]1O[C@H](COC(C)=O)[C@@H](OC(C)=O)[C@H](OC(C)=O)[C@H]1NC(C)=O. The average molecular weight is 460 g/mol. The molecule has 1 heterocycles. The van der Waals surface area contributed by atoms with E-state index in [0.717, 1.165) is 32.1 Å². The molecular weight excluding hydrogens is 422 g/mol. The predicted octanol–water partition coefficient (Wildman–Crippen LogP) is 2.02. The highest BCUT2D eigenvalue weighted by atomic mass is 16.7. The Morgan fingerprint density at radius 2 is 1.41 bits per heavy atom. The van der Waals surface area contributed by atoms with Crippen molar-refractivity contribution in [2.75, 3.05) is 13.2 Å². The molecule has 32 heavy (non-hydrogen) atoms. The van der Waals surface area contributed by atoms with Crippen LogP contribution in [0.4, 0.5) is 0 Å². The Kier molecular flexibility index (Phi) is 12.9. The fourth-order valence-corrected chi connectivity index (χ4v) is 3.52. The van der Waals surface area contributed by atoms with Crippen LogP contribution in [0.2, 0.25) is 0 Å². The molecule has 1 aliphatic heterocycles. The van der Waals surface area contributed by atoms with Crippen LogP contribution >= 0.6 is 0 Å². The summed E-state index contributed by atoms with van der Waals surface area (Å²) in [5, 5.41) is 2.68. The van der Waals surface area contributed by atoms with Crippen LogP contribution in [0.25, 0.3) is 0 Å². The molecule has 1 fully saturated rings. The van der Waals surface area contributed by atoms with E-state index in [0.29, 0.717) is 6.61 Å². The first-order valence-corrected chi connectivity index (χ1v) is 11.2. The summed E-state index contributed by atoms with van der Waals surface area (Å²) in [6.07, 6.45) is 2.23. The van der Waals surface area contributed by atoms with E-state index in [1.807, 2.05) is 0 Å². The highest BCUT2D eigenvalue weighted by Crippen LogP contribution is 2.28. The molecule has 0 aromatic carbocycles. The third kappa shape index (κ3) is 10.4. The number of nitrogens with one attached hydrogen (secondary N) is 1. The monoisotopic (exact) mass is 459 g/mol. The lowest BCUT2D eigenvalue weighted by atomic mass is 9.96. The summed E-state index contributed by atoms with van der Waals surface area (Å²) in [7, 11) is 0. The van der Waals surface area contributed by atoms with Crippen molar-refractivity contribution >= 4 is 23.8 Å². The van der Waals surface area contributed by atoms with Crippen molar-refractivity contribution in [3.63, 3.8) is 0 Å². The maximum Gasteiger partial charge on any atom is 0.303 e. The third-order valence-corrected chi connectivity index (χ3v) is 4.85. The molecule has 10 heteroatoms. The van der Waals surface area contributed by atoms with Gasteiger partial charge in [-0.25, -0.2) is 0 Å². The number of rotatable bonds is 13. The Morgan fingerprint density at radius 3 is 1.97 bits per heavy atom. The lowest BCUT2D eigenvalue weighted by molar-refractivity contribution is -0.277. The van der Waals surface area contributed by atoms with Crippen LogP contribution in [0, 0.1) is 0 Å². The standard InChI is InChI=1S/C22H37NO9/c1-6-7-8-9-10-11-12-28-22-19(23-14(2)24)21(31-17(5)27)20(30-16(4)26)18(32-22)13-29-15(3)25/h18-22H,6-13H2,1-5H3,(H,23,24)/t18-,19-,20-,21-,22+/m1/s1. The molecule has 0 spiro atoms. The molecule has 10 nitrogen and oxygen atoms in total. The van der Waals surface area contributed by atoms with Gasteiger partial charge < -0.3 is 29.0 Å². The first kappa shape index (κ1) is 27.8. The van der Waals surface area contributed by atoms with E-state index in [2.05, 4.69) is 12.2 Å². The molecule has 1 amide bonds. The van der Waals surface area contributed by atoms with Gasteiger partial charge in [0.05, 0.1) is 0 Å². The number of unbranched alkanes of at least 4 members (excludes halogenated alkanes) is 5. The van der Waals surface area contributed by atoms with Crippen LogP contribution in [0.5, 0.6) is 0 Å². The van der Waals surface area contributed by atoms with Crippen LogP contribution in [-0.2, 0) is 42.9 Å². The van der Waals surface area contributed by atoms with E-state index < -0.39 is 54.5 Å². The van der Waals surface area contributed by atoms with Gasteiger partial charge in [0.2, 0.25) is 5.91 Å². The van der Waals surface area contributed by atoms with Crippen molar-refractivity contribution in [3.8, 4) is 0 Å². The molecule has 1 N–H and O–H groups in total. The molecule has 1 rings (SSSR count). The molecule has 0 aromatic heterocycles. The number of esters is 3. The Labute approximate surface area is 189 Å². The van der Waals surface area contributed by atoms with Crippen molar-refractivity contribution in [2.24, 2.45) is 0 Å². The van der Waals surface area contributed by atoms with E-state index in [-0.39, 0.29) is 6.61 Å². The minimum absolute atomic E-state index is 0.241. The molecule has 0 saturated carbocycles. The van der Waals surface area contributed by atoms with Crippen molar-refractivity contribution in [2.45, 2.75) is 104 Å². The molecule has 5 atom stereocenters. The van der Waals surface area contributed by atoms with Gasteiger partial charge in [0.1, 0.15) is 18.8 Å². The highest BCUT2D eigenvalue weighted by molar-refractivity contribution is 5.73. The van der Waals surface area contributed by atoms with Crippen molar-refractivity contribution in [3.05, 3.63) is 0 Å². The van der Waals surface area contributed by atoms with E-state index >= 15 is 0 Å². The number of hydrogen-bond acceptors (Lipinski definition) is 9. The van der Waals surface area contributed by atoms with Crippen molar-refractivity contribution in [1.29, 1.82) is 0 Å². The molecule has 0 radical (unpaired) electrons. The lowest BCUT2D eigenvalue weighted by Gasteiger charge is -2.44. The Balaban J connectivity index is 3.01. The molecule has 0 aliphatic carbocycles. The van der Waals surface area contributed by atoms with Gasteiger partial charge in [0.15, 0.2) is 18.5 Å². The molecule has 1 aliphatic rings. The molecular formula is C22H37NO9. The summed E-state index contributed by atoms with van der Waals surface area (Å²) in [6, 6.07) is -0.922. The molecule has 0 unspecified atom stereocenters. The van der Waals surface area contributed by atoms with Gasteiger partial charge >= 0.3 is 17.9 Å². The Bertz CT molecular complexity index is 625. The van der Waals surface area contributed by atoms with Gasteiger partial charge in [0, 0.05) is 34.3 Å². The molecule has 1 saturated heterocycles. The van der Waals surface area contributed by atoms with Crippen LogP contribution < -0.4 is 5.32 Å². The van der Waals surface area contributed by atoms with E-state index in [1.54, 1.807) is 0 Å². The fraction of sp³-hybridized carbons (Fsp3) is 0.818. The van der Waals surface area contributed by atoms with Crippen molar-refractivity contribution in [1.82, 2.24) is 5.32 Å². The minimum atomic E-state index is -1.11. The fourth-order valence-electron chi connectivity index (χ4n) is 3.52. The summed E-state index contributed by atoms with van der Waals surface area (Å²) in [4.78, 5) is 46.7. The predicted molar refractivity (Wildman–Crippen MR) is 113 cm³/mol. The second-order valence-corrected chi connectivity index (χ2v) is 7.86. The van der Waals surface area contributed by atoms with Crippen LogP contribution in [0.1, 0.15) is 73.1 Å². The normalized spacial score (nSPS) is 25.0. The van der Waals surface area contributed by atoms with Gasteiger partial charge in [-0.1, -0.05) is 39.0 Å². The molecule has 184 valence electrons. The number of carbonyl (C=O) groups is 4. The molecule has 0 aromatic rings. The zero-order valence-corrected chi connectivity index (χ0v) is 19.7. The van der Waals surface area contributed by atoms with Gasteiger partial charge in [-0.2, -0.15) is 0 Å². The van der Waals surface area contributed by atoms with Crippen LogP contribution in [0.15, 0.2) is 0 Å². The topological polar surface area (TPSA) is 126 Å². The average Bonchev–Trinajstić information content (AvgIpc) is 2.68. The second kappa shape index (κ2) is 14.8. The van der Waals surface area contributed by atoms with E-state index in [1.165, 1.54) is 34.1 Å². The number of amides is 1. The summed E-state index contributed by atoms with van der Waals surface area (Å²) >= 11 is 0. The Hall–Kier alpha value is -2.20. The Morgan fingerprint density at radius 1 is 0.812 bits per heavy atom. The summed E-state index contributed by atoms with van der Waals surface area (Å²) < 4.78 is 27.7. The van der Waals surface area contributed by atoms with E-state index in [4.69, 9.17) is 23.7 Å². The lowest BCUT2D eigenvalue weighted by Crippen LogP contribution is -2.66. The van der Waals surface area contributed by atoms with E-state index in [9.17, 15) is 19.2 Å². The van der Waals surface area contributed by atoms with Gasteiger partial charge in [0.25, 0.3) is 0 Å². The third-order valence-electron chi connectivity index (χ3n) is 4.85. The first-order chi connectivity index (χ1) is 15.1. The zero-order chi connectivity index (χ0) is 24.1. The van der Waals surface area contributed by atoms with Gasteiger partial charge in [-0.3, -0.25) is 19.2 Å².